The number of benzene rings is 3. The van der Waals surface area contributed by atoms with E-state index in [2.05, 4.69) is 20.1 Å². The standard InChI is InChI=1S/C39H44N4O9/c1-50-33(44)19-22-40-35(46)28-11-15-30(16-12-28)39(31-17-13-29(14-18-31)36(47)41-23-20-34(45)51-2)21-7-25-43(39)37(48)32-10-6-24-42(32)38(49)52-26-27-8-4-3-5-9-27/h3-5,8-9,11-18,32H,6-7,10,19-26H2,1-2H3,(H,40,46)(H,41,47). The summed E-state index contributed by atoms with van der Waals surface area (Å²) in [6.45, 7) is 1.15. The fraction of sp³-hybridized carbons (Fsp3) is 0.385. The van der Waals surface area contributed by atoms with E-state index in [0.717, 1.165) is 16.7 Å². The molecule has 52 heavy (non-hydrogen) atoms. The second-order valence-corrected chi connectivity index (χ2v) is 12.7. The van der Waals surface area contributed by atoms with Gasteiger partial charge in [0, 0.05) is 37.3 Å². The molecule has 2 fully saturated rings. The lowest BCUT2D eigenvalue weighted by Gasteiger charge is -2.42. The van der Waals surface area contributed by atoms with Gasteiger partial charge in [-0.05, 0) is 66.6 Å². The Morgan fingerprint density at radius 2 is 1.25 bits per heavy atom. The number of ether oxygens (including phenoxy) is 3. The quantitative estimate of drug-likeness (QED) is 0.198. The van der Waals surface area contributed by atoms with E-state index in [-0.39, 0.29) is 50.3 Å². The zero-order valence-corrected chi connectivity index (χ0v) is 29.4. The Morgan fingerprint density at radius 3 is 1.77 bits per heavy atom. The Hall–Kier alpha value is -5.72. The third-order valence-electron chi connectivity index (χ3n) is 9.56. The van der Waals surface area contributed by atoms with Crippen molar-refractivity contribution < 1.29 is 43.0 Å². The van der Waals surface area contributed by atoms with E-state index in [0.29, 0.717) is 49.9 Å². The molecule has 0 aromatic heterocycles. The molecule has 0 spiro atoms. The number of nitrogens with one attached hydrogen (secondary N) is 2. The summed E-state index contributed by atoms with van der Waals surface area (Å²) in [5, 5.41) is 5.44. The first-order valence-corrected chi connectivity index (χ1v) is 17.4. The zero-order chi connectivity index (χ0) is 37.1. The molecule has 0 aliphatic carbocycles. The Morgan fingerprint density at radius 1 is 0.712 bits per heavy atom. The van der Waals surface area contributed by atoms with Crippen LogP contribution >= 0.6 is 0 Å². The minimum Gasteiger partial charge on any atom is -0.469 e. The minimum atomic E-state index is -0.973. The van der Waals surface area contributed by atoms with Gasteiger partial charge < -0.3 is 29.7 Å². The van der Waals surface area contributed by atoms with Crippen LogP contribution in [-0.2, 0) is 40.7 Å². The molecule has 2 saturated heterocycles. The summed E-state index contributed by atoms with van der Waals surface area (Å²) in [4.78, 5) is 80.0. The van der Waals surface area contributed by atoms with Crippen LogP contribution in [0.2, 0.25) is 0 Å². The van der Waals surface area contributed by atoms with Crippen molar-refractivity contribution in [3.63, 3.8) is 0 Å². The molecule has 0 bridgehead atoms. The molecule has 3 aromatic carbocycles. The van der Waals surface area contributed by atoms with E-state index in [9.17, 15) is 28.8 Å². The molecule has 1 unspecified atom stereocenters. The van der Waals surface area contributed by atoms with Crippen molar-refractivity contribution in [1.82, 2.24) is 20.4 Å². The first-order valence-electron chi connectivity index (χ1n) is 17.4. The molecular weight excluding hydrogens is 668 g/mol. The van der Waals surface area contributed by atoms with Crippen LogP contribution in [0, 0.1) is 0 Å². The average molecular weight is 713 g/mol. The normalized spacial score (nSPS) is 16.2. The molecule has 13 heteroatoms. The van der Waals surface area contributed by atoms with Crippen molar-refractivity contribution in [2.45, 2.75) is 56.7 Å². The van der Waals surface area contributed by atoms with Gasteiger partial charge in [-0.15, -0.1) is 0 Å². The number of nitrogens with zero attached hydrogens (tertiary/aromatic N) is 2. The average Bonchev–Trinajstić information content (AvgIpc) is 3.86. The van der Waals surface area contributed by atoms with Crippen LogP contribution in [-0.4, -0.2) is 92.0 Å². The maximum Gasteiger partial charge on any atom is 0.410 e. The van der Waals surface area contributed by atoms with Gasteiger partial charge in [-0.25, -0.2) is 4.79 Å². The predicted octanol–water partition coefficient (Wildman–Crippen LogP) is 3.94. The van der Waals surface area contributed by atoms with Gasteiger partial charge in [-0.1, -0.05) is 54.6 Å². The van der Waals surface area contributed by atoms with E-state index >= 15 is 0 Å². The Kier molecular flexibility index (Phi) is 12.6. The van der Waals surface area contributed by atoms with E-state index in [4.69, 9.17) is 4.74 Å². The maximum absolute atomic E-state index is 14.6. The summed E-state index contributed by atoms with van der Waals surface area (Å²) in [6.07, 6.45) is 1.89. The van der Waals surface area contributed by atoms with Crippen LogP contribution in [0.15, 0.2) is 78.9 Å². The fourth-order valence-electron chi connectivity index (χ4n) is 6.87. The summed E-state index contributed by atoms with van der Waals surface area (Å²) in [7, 11) is 2.57. The highest BCUT2D eigenvalue weighted by Gasteiger charge is 2.50. The summed E-state index contributed by atoms with van der Waals surface area (Å²) in [5.74, 6) is -1.79. The first-order chi connectivity index (χ1) is 25.2. The fourth-order valence-corrected chi connectivity index (χ4v) is 6.87. The smallest absolute Gasteiger partial charge is 0.410 e. The largest absolute Gasteiger partial charge is 0.469 e. The van der Waals surface area contributed by atoms with Crippen LogP contribution in [0.4, 0.5) is 4.79 Å². The number of carbonyl (C=O) groups is 6. The van der Waals surface area contributed by atoms with Crippen LogP contribution in [0.1, 0.15) is 75.9 Å². The maximum atomic E-state index is 14.6. The molecule has 274 valence electrons. The van der Waals surface area contributed by atoms with Crippen molar-refractivity contribution in [3.8, 4) is 0 Å². The molecule has 0 radical (unpaired) electrons. The number of hydrogen-bond donors (Lipinski definition) is 2. The predicted molar refractivity (Wildman–Crippen MR) is 189 cm³/mol. The lowest BCUT2D eigenvalue weighted by Crippen LogP contribution is -2.53. The van der Waals surface area contributed by atoms with Gasteiger partial charge in [0.05, 0.1) is 32.6 Å². The van der Waals surface area contributed by atoms with Gasteiger partial charge in [0.1, 0.15) is 12.6 Å². The third kappa shape index (κ3) is 8.59. The molecule has 2 aliphatic heterocycles. The SMILES string of the molecule is COC(=O)CCNC(=O)c1ccc(C2(c3ccc(C(=O)NCCC(=O)OC)cc3)CCCN2C(=O)C2CCCN2C(=O)OCc2ccccc2)cc1. The van der Waals surface area contributed by atoms with Gasteiger partial charge in [0.15, 0.2) is 0 Å². The highest BCUT2D eigenvalue weighted by atomic mass is 16.6. The van der Waals surface area contributed by atoms with E-state index in [1.54, 1.807) is 24.3 Å². The zero-order valence-electron chi connectivity index (χ0n) is 29.4. The molecule has 2 heterocycles. The number of methoxy groups -OCH3 is 2. The van der Waals surface area contributed by atoms with Crippen LogP contribution in [0.5, 0.6) is 0 Å². The van der Waals surface area contributed by atoms with Crippen molar-refractivity contribution >= 4 is 35.8 Å². The number of rotatable bonds is 13. The Bertz CT molecular complexity index is 1670. The van der Waals surface area contributed by atoms with Crippen molar-refractivity contribution in [2.75, 3.05) is 40.4 Å². The number of amides is 4. The highest BCUT2D eigenvalue weighted by Crippen LogP contribution is 2.46. The van der Waals surface area contributed by atoms with Gasteiger partial charge in [-0.2, -0.15) is 0 Å². The van der Waals surface area contributed by atoms with E-state index in [1.165, 1.54) is 19.1 Å². The van der Waals surface area contributed by atoms with Crippen molar-refractivity contribution in [1.29, 1.82) is 0 Å². The summed E-state index contributed by atoms with van der Waals surface area (Å²) < 4.78 is 14.9. The van der Waals surface area contributed by atoms with Gasteiger partial charge in [0.2, 0.25) is 5.91 Å². The molecule has 2 N–H and O–H groups in total. The Labute approximate surface area is 302 Å². The second kappa shape index (κ2) is 17.5. The minimum absolute atomic E-state index is 0.0395. The second-order valence-electron chi connectivity index (χ2n) is 12.7. The summed E-state index contributed by atoms with van der Waals surface area (Å²) in [6, 6.07) is 22.6. The van der Waals surface area contributed by atoms with Crippen LogP contribution < -0.4 is 10.6 Å². The highest BCUT2D eigenvalue weighted by molar-refractivity contribution is 5.95. The monoisotopic (exact) mass is 712 g/mol. The van der Waals surface area contributed by atoms with Gasteiger partial charge in [-0.3, -0.25) is 28.9 Å². The molecular formula is C39H44N4O9. The summed E-state index contributed by atoms with van der Waals surface area (Å²) >= 11 is 0. The van der Waals surface area contributed by atoms with Gasteiger partial charge >= 0.3 is 18.0 Å². The number of likely N-dealkylation sites (tertiary alicyclic amines) is 2. The van der Waals surface area contributed by atoms with Crippen LogP contribution in [0.25, 0.3) is 0 Å². The molecule has 1 atom stereocenters. The molecule has 3 aromatic rings. The van der Waals surface area contributed by atoms with E-state index in [1.807, 2.05) is 59.5 Å². The number of esters is 2. The van der Waals surface area contributed by atoms with Crippen LogP contribution in [0.3, 0.4) is 0 Å². The lowest BCUT2D eigenvalue weighted by atomic mass is 9.79. The first kappa shape index (κ1) is 37.5. The summed E-state index contributed by atoms with van der Waals surface area (Å²) in [5.41, 5.74) is 2.15. The third-order valence-corrected chi connectivity index (χ3v) is 9.56. The van der Waals surface area contributed by atoms with Crippen molar-refractivity contribution in [2.24, 2.45) is 0 Å². The van der Waals surface area contributed by atoms with Crippen molar-refractivity contribution in [3.05, 3.63) is 107 Å². The van der Waals surface area contributed by atoms with E-state index < -0.39 is 29.6 Å². The molecule has 2 aliphatic rings. The van der Waals surface area contributed by atoms with Gasteiger partial charge in [0.25, 0.3) is 11.8 Å². The Balaban J connectivity index is 1.41. The number of hydrogen-bond acceptors (Lipinski definition) is 9. The number of carbonyl (C=O) groups excluding carboxylic acids is 6. The molecule has 13 nitrogen and oxygen atoms in total. The molecule has 0 saturated carbocycles. The molecule has 4 amide bonds. The lowest BCUT2D eigenvalue weighted by molar-refractivity contribution is -0.141. The topological polar surface area (TPSA) is 161 Å². The molecule has 5 rings (SSSR count).